The first kappa shape index (κ1) is 23.3. The van der Waals surface area contributed by atoms with Crippen molar-refractivity contribution in [1.82, 2.24) is 14.9 Å². The fourth-order valence-corrected chi connectivity index (χ4v) is 2.95. The number of alkyl halides is 2. The molecule has 172 valence electrons. The number of ether oxygens (including phenoxy) is 1. The van der Waals surface area contributed by atoms with Crippen molar-refractivity contribution in [3.63, 3.8) is 0 Å². The molecule has 0 radical (unpaired) electrons. The minimum Gasteiger partial charge on any atom is -0.435 e. The first-order valence-corrected chi connectivity index (χ1v) is 9.52. The van der Waals surface area contributed by atoms with E-state index in [9.17, 15) is 27.6 Å². The second kappa shape index (κ2) is 9.85. The van der Waals surface area contributed by atoms with Gasteiger partial charge in [-0.2, -0.15) is 8.78 Å². The van der Waals surface area contributed by atoms with Crippen LogP contribution in [0.5, 0.6) is 5.75 Å². The van der Waals surface area contributed by atoms with Crippen molar-refractivity contribution >= 4 is 23.4 Å². The standard InChI is InChI=1S/C21H18F3N5O4/c1-2-26-20(32)16-17(18(25)30)29(10-27-16)12-5-3-11(4-6-12)28-19(31)14-8-7-13(9-15(14)22)33-21(23)24/h3-10,21H,2H2,1H3,(H2,25,30)(H,26,32)(H,28,31). The average Bonchev–Trinajstić information content (AvgIpc) is 3.19. The lowest BCUT2D eigenvalue weighted by molar-refractivity contribution is -0.0500. The normalized spacial score (nSPS) is 10.7. The van der Waals surface area contributed by atoms with E-state index in [1.54, 1.807) is 6.92 Å². The summed E-state index contributed by atoms with van der Waals surface area (Å²) in [5.74, 6) is -3.68. The lowest BCUT2D eigenvalue weighted by Gasteiger charge is -2.10. The molecule has 0 saturated carbocycles. The molecule has 0 fully saturated rings. The Morgan fingerprint density at radius 3 is 2.39 bits per heavy atom. The van der Waals surface area contributed by atoms with E-state index in [0.29, 0.717) is 18.3 Å². The Morgan fingerprint density at radius 1 is 1.12 bits per heavy atom. The Kier molecular flexibility index (Phi) is 6.96. The third kappa shape index (κ3) is 5.29. The molecule has 12 heteroatoms. The third-order valence-electron chi connectivity index (χ3n) is 4.37. The summed E-state index contributed by atoms with van der Waals surface area (Å²) < 4.78 is 44.0. The van der Waals surface area contributed by atoms with Gasteiger partial charge in [0.25, 0.3) is 17.7 Å². The van der Waals surface area contributed by atoms with Crippen LogP contribution >= 0.6 is 0 Å². The molecule has 0 atom stereocenters. The summed E-state index contributed by atoms with van der Waals surface area (Å²) in [5.41, 5.74) is 5.49. The highest BCUT2D eigenvalue weighted by atomic mass is 19.3. The van der Waals surface area contributed by atoms with E-state index in [-0.39, 0.29) is 22.6 Å². The van der Waals surface area contributed by atoms with E-state index in [0.717, 1.165) is 12.1 Å². The highest BCUT2D eigenvalue weighted by Gasteiger charge is 2.22. The summed E-state index contributed by atoms with van der Waals surface area (Å²) in [7, 11) is 0. The monoisotopic (exact) mass is 461 g/mol. The van der Waals surface area contributed by atoms with Gasteiger partial charge in [0.1, 0.15) is 23.6 Å². The zero-order chi connectivity index (χ0) is 24.1. The Bertz CT molecular complexity index is 1200. The first-order chi connectivity index (χ1) is 15.7. The minimum absolute atomic E-state index is 0.120. The molecule has 0 unspecified atom stereocenters. The van der Waals surface area contributed by atoms with Gasteiger partial charge in [0.05, 0.1) is 5.56 Å². The zero-order valence-corrected chi connectivity index (χ0v) is 17.1. The molecule has 0 saturated heterocycles. The number of primary amides is 1. The van der Waals surface area contributed by atoms with Crippen LogP contribution in [0.25, 0.3) is 5.69 Å². The number of nitrogens with one attached hydrogen (secondary N) is 2. The fraction of sp³-hybridized carbons (Fsp3) is 0.143. The smallest absolute Gasteiger partial charge is 0.387 e. The maximum atomic E-state index is 14.1. The van der Waals surface area contributed by atoms with Crippen LogP contribution in [0.2, 0.25) is 0 Å². The topological polar surface area (TPSA) is 128 Å². The number of benzene rings is 2. The van der Waals surface area contributed by atoms with Crippen LogP contribution in [-0.2, 0) is 0 Å². The van der Waals surface area contributed by atoms with E-state index in [4.69, 9.17) is 5.73 Å². The molecule has 3 aromatic rings. The number of amides is 3. The van der Waals surface area contributed by atoms with E-state index < -0.39 is 35.9 Å². The number of halogens is 3. The largest absolute Gasteiger partial charge is 0.435 e. The summed E-state index contributed by atoms with van der Waals surface area (Å²) in [6.07, 6.45) is 1.26. The number of hydrogen-bond donors (Lipinski definition) is 3. The van der Waals surface area contributed by atoms with Crippen LogP contribution < -0.4 is 21.1 Å². The van der Waals surface area contributed by atoms with Gasteiger partial charge in [-0.15, -0.1) is 0 Å². The van der Waals surface area contributed by atoms with E-state index in [2.05, 4.69) is 20.4 Å². The summed E-state index contributed by atoms with van der Waals surface area (Å²) in [6, 6.07) is 8.71. The third-order valence-corrected chi connectivity index (χ3v) is 4.37. The predicted molar refractivity (Wildman–Crippen MR) is 111 cm³/mol. The van der Waals surface area contributed by atoms with Gasteiger partial charge in [0.15, 0.2) is 5.69 Å². The second-order valence-corrected chi connectivity index (χ2v) is 6.56. The molecule has 0 aliphatic heterocycles. The van der Waals surface area contributed by atoms with Gasteiger partial charge >= 0.3 is 6.61 Å². The number of imidazole rings is 1. The summed E-state index contributed by atoms with van der Waals surface area (Å²) >= 11 is 0. The summed E-state index contributed by atoms with van der Waals surface area (Å²) in [6.45, 7) is -1.07. The van der Waals surface area contributed by atoms with Crippen molar-refractivity contribution in [3.8, 4) is 11.4 Å². The molecule has 3 amide bonds. The molecule has 1 heterocycles. The van der Waals surface area contributed by atoms with Gasteiger partial charge in [-0.1, -0.05) is 0 Å². The number of carbonyl (C=O) groups is 3. The molecule has 0 aliphatic carbocycles. The Hall–Kier alpha value is -4.35. The zero-order valence-electron chi connectivity index (χ0n) is 17.1. The second-order valence-electron chi connectivity index (χ2n) is 6.56. The van der Waals surface area contributed by atoms with Crippen molar-refractivity contribution in [3.05, 3.63) is 71.6 Å². The summed E-state index contributed by atoms with van der Waals surface area (Å²) in [5, 5.41) is 5.01. The van der Waals surface area contributed by atoms with Gasteiger partial charge in [-0.25, -0.2) is 9.37 Å². The molecule has 1 aromatic heterocycles. The lowest BCUT2D eigenvalue weighted by Crippen LogP contribution is -2.27. The molecule has 0 spiro atoms. The average molecular weight is 461 g/mol. The SMILES string of the molecule is CCNC(=O)c1ncn(-c2ccc(NC(=O)c3ccc(OC(F)F)cc3F)cc2)c1C(N)=O. The van der Waals surface area contributed by atoms with Crippen molar-refractivity contribution < 1.29 is 32.3 Å². The van der Waals surface area contributed by atoms with Gasteiger partial charge in [0, 0.05) is 24.0 Å². The van der Waals surface area contributed by atoms with E-state index in [1.165, 1.54) is 35.2 Å². The molecule has 3 rings (SSSR count). The number of anilines is 1. The maximum Gasteiger partial charge on any atom is 0.387 e. The van der Waals surface area contributed by atoms with Crippen molar-refractivity contribution in [2.75, 3.05) is 11.9 Å². The van der Waals surface area contributed by atoms with Gasteiger partial charge < -0.3 is 21.1 Å². The number of carbonyl (C=O) groups excluding carboxylic acids is 3. The predicted octanol–water partition coefficient (Wildman–Crippen LogP) is 2.71. The Balaban J connectivity index is 1.79. The highest BCUT2D eigenvalue weighted by Crippen LogP contribution is 2.21. The van der Waals surface area contributed by atoms with E-state index >= 15 is 0 Å². The first-order valence-electron chi connectivity index (χ1n) is 9.52. The molecule has 9 nitrogen and oxygen atoms in total. The van der Waals surface area contributed by atoms with E-state index in [1.807, 2.05) is 0 Å². The molecule has 33 heavy (non-hydrogen) atoms. The van der Waals surface area contributed by atoms with Crippen LogP contribution in [0.1, 0.15) is 38.3 Å². The van der Waals surface area contributed by atoms with Crippen LogP contribution in [0.4, 0.5) is 18.9 Å². The molecule has 2 aromatic carbocycles. The number of hydrogen-bond acceptors (Lipinski definition) is 5. The quantitative estimate of drug-likeness (QED) is 0.475. The number of nitrogens with zero attached hydrogens (tertiary/aromatic N) is 2. The fourth-order valence-electron chi connectivity index (χ4n) is 2.95. The van der Waals surface area contributed by atoms with Crippen molar-refractivity contribution in [2.45, 2.75) is 13.5 Å². The molecular weight excluding hydrogens is 443 g/mol. The van der Waals surface area contributed by atoms with Gasteiger partial charge in [-0.05, 0) is 43.3 Å². The minimum atomic E-state index is -3.12. The summed E-state index contributed by atoms with van der Waals surface area (Å²) in [4.78, 5) is 40.3. The number of aromatic nitrogens is 2. The highest BCUT2D eigenvalue weighted by molar-refractivity contribution is 6.05. The van der Waals surface area contributed by atoms with Gasteiger partial charge in [-0.3, -0.25) is 19.0 Å². The molecular formula is C21H18F3N5O4. The Labute approximate surface area is 185 Å². The molecule has 0 bridgehead atoms. The van der Waals surface area contributed by atoms with Crippen LogP contribution in [0, 0.1) is 5.82 Å². The van der Waals surface area contributed by atoms with Crippen LogP contribution in [0.3, 0.4) is 0 Å². The molecule has 0 aliphatic rings. The van der Waals surface area contributed by atoms with Crippen molar-refractivity contribution in [2.24, 2.45) is 5.73 Å². The maximum absolute atomic E-state index is 14.1. The van der Waals surface area contributed by atoms with Crippen LogP contribution in [-0.4, -0.2) is 40.4 Å². The van der Waals surface area contributed by atoms with Crippen LogP contribution in [0.15, 0.2) is 48.8 Å². The molecule has 4 N–H and O–H groups in total. The Morgan fingerprint density at radius 2 is 1.82 bits per heavy atom. The number of nitrogens with two attached hydrogens (primary N) is 1. The van der Waals surface area contributed by atoms with Crippen molar-refractivity contribution in [1.29, 1.82) is 0 Å². The number of rotatable bonds is 8. The van der Waals surface area contributed by atoms with Gasteiger partial charge in [0.2, 0.25) is 0 Å². The lowest BCUT2D eigenvalue weighted by atomic mass is 10.1.